The molecule has 120 valence electrons. The van der Waals surface area contributed by atoms with Crippen LogP contribution in [-0.4, -0.2) is 62.5 Å². The molecule has 0 aromatic carbocycles. The summed E-state index contributed by atoms with van der Waals surface area (Å²) < 4.78 is 19.9. The lowest BCUT2D eigenvalue weighted by Gasteiger charge is -2.30. The molecule has 0 saturated carbocycles. The number of alkyl halides is 2. The van der Waals surface area contributed by atoms with E-state index in [1.54, 1.807) is 10.9 Å². The third-order valence-electron chi connectivity index (χ3n) is 2.21. The summed E-state index contributed by atoms with van der Waals surface area (Å²) in [7, 11) is -1.74. The second-order valence-corrected chi connectivity index (χ2v) is 6.58. The third-order valence-corrected chi connectivity index (χ3v) is 4.85. The molecule has 0 aliphatic rings. The first-order valence-corrected chi connectivity index (χ1v) is 8.91. The van der Waals surface area contributed by atoms with E-state index in [1.807, 2.05) is 0 Å². The fourth-order valence-corrected chi connectivity index (χ4v) is 3.95. The SMILES string of the molecule is CO/N=C/CCOP(=O)(NCCN)N(CCCl)CCCl. The Morgan fingerprint density at radius 1 is 1.40 bits per heavy atom. The van der Waals surface area contributed by atoms with E-state index in [1.165, 1.54) is 7.11 Å². The Balaban J connectivity index is 4.59. The number of halogens is 2. The summed E-state index contributed by atoms with van der Waals surface area (Å²) in [5, 5.41) is 6.43. The minimum atomic E-state index is -3.20. The largest absolute Gasteiger partial charge is 0.399 e. The molecule has 20 heavy (non-hydrogen) atoms. The molecular formula is C10H23Cl2N4O3P. The van der Waals surface area contributed by atoms with Crippen LogP contribution >= 0.6 is 30.9 Å². The summed E-state index contributed by atoms with van der Waals surface area (Å²) in [4.78, 5) is 4.53. The zero-order chi connectivity index (χ0) is 15.3. The average Bonchev–Trinajstić information content (AvgIpc) is 2.45. The first-order chi connectivity index (χ1) is 9.64. The van der Waals surface area contributed by atoms with Crippen molar-refractivity contribution in [3.8, 4) is 0 Å². The molecule has 0 amide bonds. The van der Waals surface area contributed by atoms with Gasteiger partial charge in [-0.3, -0.25) is 4.57 Å². The number of rotatable bonds is 13. The maximum Gasteiger partial charge on any atom is 0.343 e. The highest BCUT2D eigenvalue weighted by Crippen LogP contribution is 2.46. The van der Waals surface area contributed by atoms with Gasteiger partial charge in [-0.1, -0.05) is 5.16 Å². The molecule has 0 bridgehead atoms. The first-order valence-electron chi connectivity index (χ1n) is 6.26. The van der Waals surface area contributed by atoms with Crippen molar-refractivity contribution in [3.05, 3.63) is 0 Å². The van der Waals surface area contributed by atoms with Crippen LogP contribution in [-0.2, 0) is 13.9 Å². The van der Waals surface area contributed by atoms with Crippen molar-refractivity contribution < 1.29 is 13.9 Å². The van der Waals surface area contributed by atoms with E-state index >= 15 is 0 Å². The number of hydrogen-bond donors (Lipinski definition) is 2. The lowest BCUT2D eigenvalue weighted by Crippen LogP contribution is -2.34. The van der Waals surface area contributed by atoms with Crippen molar-refractivity contribution in [2.75, 3.05) is 51.7 Å². The molecule has 0 aromatic rings. The van der Waals surface area contributed by atoms with Gasteiger partial charge in [0, 0.05) is 50.6 Å². The predicted octanol–water partition coefficient (Wildman–Crippen LogP) is 1.46. The number of nitrogens with zero attached hydrogens (tertiary/aromatic N) is 2. The summed E-state index contributed by atoms with van der Waals surface area (Å²) in [6.07, 6.45) is 2.03. The number of oxime groups is 1. The number of nitrogens with two attached hydrogens (primary N) is 1. The van der Waals surface area contributed by atoms with Gasteiger partial charge in [0.15, 0.2) is 0 Å². The topological polar surface area (TPSA) is 89.2 Å². The smallest absolute Gasteiger partial charge is 0.343 e. The van der Waals surface area contributed by atoms with E-state index in [-0.39, 0.29) is 6.61 Å². The fraction of sp³-hybridized carbons (Fsp3) is 0.900. The predicted molar refractivity (Wildman–Crippen MR) is 83.7 cm³/mol. The van der Waals surface area contributed by atoms with Gasteiger partial charge in [0.05, 0.1) is 6.61 Å². The highest BCUT2D eigenvalue weighted by molar-refractivity contribution is 7.54. The van der Waals surface area contributed by atoms with E-state index < -0.39 is 7.67 Å². The second kappa shape index (κ2) is 12.8. The molecule has 0 aliphatic carbocycles. The minimum Gasteiger partial charge on any atom is -0.399 e. The molecule has 0 spiro atoms. The molecule has 0 radical (unpaired) electrons. The zero-order valence-electron chi connectivity index (χ0n) is 11.6. The minimum absolute atomic E-state index is 0.239. The Hall–Kier alpha value is 0.120. The van der Waals surface area contributed by atoms with Gasteiger partial charge in [-0.25, -0.2) is 9.76 Å². The Labute approximate surface area is 130 Å². The number of nitrogens with one attached hydrogen (secondary N) is 1. The van der Waals surface area contributed by atoms with Gasteiger partial charge in [-0.2, -0.15) is 0 Å². The summed E-state index contributed by atoms with van der Waals surface area (Å²) in [5.41, 5.74) is 5.43. The highest BCUT2D eigenvalue weighted by Gasteiger charge is 2.30. The molecule has 0 rings (SSSR count). The monoisotopic (exact) mass is 348 g/mol. The molecular weight excluding hydrogens is 326 g/mol. The van der Waals surface area contributed by atoms with Crippen LogP contribution in [0, 0.1) is 0 Å². The average molecular weight is 349 g/mol. The molecule has 1 unspecified atom stereocenters. The van der Waals surface area contributed by atoms with Crippen molar-refractivity contribution in [2.24, 2.45) is 10.9 Å². The normalized spacial score (nSPS) is 14.8. The maximum atomic E-state index is 12.8. The van der Waals surface area contributed by atoms with Crippen LogP contribution in [0.15, 0.2) is 5.16 Å². The third kappa shape index (κ3) is 8.42. The molecule has 0 fully saturated rings. The Bertz CT molecular complexity index is 304. The lowest BCUT2D eigenvalue weighted by atomic mass is 10.5. The van der Waals surface area contributed by atoms with E-state index in [0.29, 0.717) is 44.4 Å². The molecule has 0 aromatic heterocycles. The number of hydrogen-bond acceptors (Lipinski definition) is 5. The zero-order valence-corrected chi connectivity index (χ0v) is 14.0. The van der Waals surface area contributed by atoms with Gasteiger partial charge < -0.3 is 15.1 Å². The van der Waals surface area contributed by atoms with Gasteiger partial charge >= 0.3 is 7.67 Å². The van der Waals surface area contributed by atoms with E-state index in [9.17, 15) is 4.57 Å². The van der Waals surface area contributed by atoms with E-state index in [2.05, 4.69) is 15.1 Å². The molecule has 1 atom stereocenters. The van der Waals surface area contributed by atoms with Crippen molar-refractivity contribution in [3.63, 3.8) is 0 Å². The first kappa shape index (κ1) is 20.1. The van der Waals surface area contributed by atoms with Gasteiger partial charge in [-0.15, -0.1) is 23.2 Å². The van der Waals surface area contributed by atoms with Crippen molar-refractivity contribution in [1.29, 1.82) is 0 Å². The Morgan fingerprint density at radius 3 is 2.55 bits per heavy atom. The summed E-state index contributed by atoms with van der Waals surface area (Å²) in [5.74, 6) is 0.666. The van der Waals surface area contributed by atoms with E-state index in [4.69, 9.17) is 33.5 Å². The van der Waals surface area contributed by atoms with Gasteiger partial charge in [0.1, 0.15) is 7.11 Å². The van der Waals surface area contributed by atoms with Gasteiger partial charge in [0.2, 0.25) is 0 Å². The molecule has 0 saturated heterocycles. The molecule has 0 aliphatic heterocycles. The van der Waals surface area contributed by atoms with Crippen molar-refractivity contribution in [1.82, 2.24) is 9.76 Å². The van der Waals surface area contributed by atoms with Crippen molar-refractivity contribution in [2.45, 2.75) is 6.42 Å². The molecule has 10 heteroatoms. The Kier molecular flexibility index (Phi) is 12.9. The summed E-state index contributed by atoms with van der Waals surface area (Å²) in [6, 6.07) is 0. The van der Waals surface area contributed by atoms with Crippen LogP contribution in [0.25, 0.3) is 0 Å². The summed E-state index contributed by atoms with van der Waals surface area (Å²) >= 11 is 11.4. The summed E-state index contributed by atoms with van der Waals surface area (Å²) in [6.45, 7) is 1.80. The Morgan fingerprint density at radius 2 is 2.05 bits per heavy atom. The quantitative estimate of drug-likeness (QED) is 0.172. The van der Waals surface area contributed by atoms with Crippen LogP contribution in [0.3, 0.4) is 0 Å². The maximum absolute atomic E-state index is 12.8. The fourth-order valence-electron chi connectivity index (χ4n) is 1.36. The standard InChI is InChI=1S/C10H23Cl2N4O3P/c1-18-14-6-2-10-19-20(17,15-7-5-13)16(8-3-11)9-4-12/h6H,2-5,7-10,13H2,1H3,(H,15,17)/b14-6+. The second-order valence-electron chi connectivity index (χ2n) is 3.64. The molecule has 3 N–H and O–H groups in total. The van der Waals surface area contributed by atoms with Crippen molar-refractivity contribution >= 4 is 37.1 Å². The van der Waals surface area contributed by atoms with Crippen LogP contribution in [0.1, 0.15) is 6.42 Å². The van der Waals surface area contributed by atoms with Gasteiger partial charge in [-0.05, 0) is 0 Å². The highest BCUT2D eigenvalue weighted by atomic mass is 35.5. The molecule has 7 nitrogen and oxygen atoms in total. The van der Waals surface area contributed by atoms with E-state index in [0.717, 1.165) is 0 Å². The lowest BCUT2D eigenvalue weighted by molar-refractivity contribution is 0.213. The van der Waals surface area contributed by atoms with Crippen LogP contribution in [0.4, 0.5) is 0 Å². The van der Waals surface area contributed by atoms with Crippen LogP contribution in [0.5, 0.6) is 0 Å². The molecule has 0 heterocycles. The van der Waals surface area contributed by atoms with Gasteiger partial charge in [0.25, 0.3) is 0 Å². The van der Waals surface area contributed by atoms with Crippen LogP contribution in [0.2, 0.25) is 0 Å². The van der Waals surface area contributed by atoms with Crippen LogP contribution < -0.4 is 10.8 Å².